The van der Waals surface area contributed by atoms with Gasteiger partial charge in [-0.25, -0.2) is 4.98 Å². The van der Waals surface area contributed by atoms with Crippen LogP contribution < -0.4 is 5.32 Å². The molecule has 1 amide bonds. The maximum atomic E-state index is 13.0. The van der Waals surface area contributed by atoms with Crippen LogP contribution in [0.15, 0.2) is 42.6 Å². The van der Waals surface area contributed by atoms with Gasteiger partial charge in [-0.15, -0.1) is 0 Å². The number of hydrogen-bond acceptors (Lipinski definition) is 4. The summed E-state index contributed by atoms with van der Waals surface area (Å²) in [5, 5.41) is 2.72. The molecular weight excluding hydrogens is 345 g/mol. The second-order valence-corrected chi connectivity index (χ2v) is 6.20. The van der Waals surface area contributed by atoms with Crippen LogP contribution in [0.25, 0.3) is 0 Å². The van der Waals surface area contributed by atoms with E-state index in [9.17, 15) is 18.0 Å². The van der Waals surface area contributed by atoms with E-state index in [-0.39, 0.29) is 17.3 Å². The molecule has 1 aliphatic heterocycles. The fourth-order valence-electron chi connectivity index (χ4n) is 2.76. The average molecular weight is 364 g/mol. The molecule has 2 aromatic rings. The van der Waals surface area contributed by atoms with Gasteiger partial charge in [0, 0.05) is 26.2 Å². The zero-order chi connectivity index (χ0) is 18.7. The minimum Gasteiger partial charge on any atom is -0.354 e. The van der Waals surface area contributed by atoms with Crippen LogP contribution in [0.3, 0.4) is 0 Å². The van der Waals surface area contributed by atoms with E-state index in [1.165, 1.54) is 30.5 Å². The summed E-state index contributed by atoms with van der Waals surface area (Å²) < 4.78 is 39.1. The zero-order valence-corrected chi connectivity index (χ0v) is 14.3. The summed E-state index contributed by atoms with van der Waals surface area (Å²) in [4.78, 5) is 20.4. The van der Waals surface area contributed by atoms with Crippen LogP contribution in [0.2, 0.25) is 0 Å². The lowest BCUT2D eigenvalue weighted by Gasteiger charge is -2.32. The van der Waals surface area contributed by atoms with Gasteiger partial charge in [0.2, 0.25) is 0 Å². The van der Waals surface area contributed by atoms with Crippen molar-refractivity contribution in [2.24, 2.45) is 0 Å². The topological polar surface area (TPSA) is 48.5 Å². The molecule has 2 heterocycles. The third kappa shape index (κ3) is 4.13. The SMILES string of the molecule is CN1CCN(C(=O)c2ccc(Nc3ccccc3C(F)(F)F)cn2)CC1. The Morgan fingerprint density at radius 1 is 1.08 bits per heavy atom. The fraction of sp³-hybridized carbons (Fsp3) is 0.333. The summed E-state index contributed by atoms with van der Waals surface area (Å²) in [5.74, 6) is -0.166. The Labute approximate surface area is 149 Å². The first-order chi connectivity index (χ1) is 12.3. The smallest absolute Gasteiger partial charge is 0.354 e. The van der Waals surface area contributed by atoms with Crippen molar-refractivity contribution < 1.29 is 18.0 Å². The van der Waals surface area contributed by atoms with E-state index in [4.69, 9.17) is 0 Å². The number of carbonyl (C=O) groups excluding carboxylic acids is 1. The van der Waals surface area contributed by atoms with Crippen molar-refractivity contribution in [3.8, 4) is 0 Å². The molecule has 1 saturated heterocycles. The lowest BCUT2D eigenvalue weighted by Crippen LogP contribution is -2.47. The Kier molecular flexibility index (Phi) is 5.13. The van der Waals surface area contributed by atoms with Gasteiger partial charge in [0.15, 0.2) is 0 Å². The number of carbonyl (C=O) groups is 1. The second-order valence-electron chi connectivity index (χ2n) is 6.20. The van der Waals surface area contributed by atoms with E-state index in [0.29, 0.717) is 18.8 Å². The first-order valence-corrected chi connectivity index (χ1v) is 8.22. The number of aromatic nitrogens is 1. The van der Waals surface area contributed by atoms with E-state index in [1.54, 1.807) is 11.0 Å². The van der Waals surface area contributed by atoms with Crippen LogP contribution in [0.1, 0.15) is 16.1 Å². The lowest BCUT2D eigenvalue weighted by atomic mass is 10.1. The summed E-state index contributed by atoms with van der Waals surface area (Å²) in [5.41, 5.74) is -0.140. The van der Waals surface area contributed by atoms with E-state index >= 15 is 0 Å². The maximum absolute atomic E-state index is 13.0. The number of nitrogens with zero attached hydrogens (tertiary/aromatic N) is 3. The Bertz CT molecular complexity index is 769. The first-order valence-electron chi connectivity index (χ1n) is 8.22. The second kappa shape index (κ2) is 7.33. The standard InChI is InChI=1S/C18H19F3N4O/c1-24-8-10-25(11-9-24)17(26)16-7-6-13(12-22-16)23-15-5-3-2-4-14(15)18(19,20)21/h2-7,12,23H,8-11H2,1H3. The van der Waals surface area contributed by atoms with Crippen molar-refractivity contribution in [2.45, 2.75) is 6.18 Å². The van der Waals surface area contributed by atoms with Crippen LogP contribution in [-0.2, 0) is 6.18 Å². The monoisotopic (exact) mass is 364 g/mol. The Morgan fingerprint density at radius 2 is 1.77 bits per heavy atom. The molecule has 8 heteroatoms. The highest BCUT2D eigenvalue weighted by molar-refractivity contribution is 5.92. The van der Waals surface area contributed by atoms with E-state index in [0.717, 1.165) is 19.2 Å². The van der Waals surface area contributed by atoms with Gasteiger partial charge in [-0.2, -0.15) is 13.2 Å². The lowest BCUT2D eigenvalue weighted by molar-refractivity contribution is -0.136. The third-order valence-corrected chi connectivity index (χ3v) is 4.28. The predicted octanol–water partition coefficient (Wildman–Crippen LogP) is 3.23. The minimum absolute atomic E-state index is 0.0556. The summed E-state index contributed by atoms with van der Waals surface area (Å²) in [6.45, 7) is 2.88. The quantitative estimate of drug-likeness (QED) is 0.909. The molecule has 1 aliphatic rings. The Morgan fingerprint density at radius 3 is 2.38 bits per heavy atom. The van der Waals surface area contributed by atoms with Crippen molar-refractivity contribution >= 4 is 17.3 Å². The van der Waals surface area contributed by atoms with Crippen LogP contribution in [0.5, 0.6) is 0 Å². The number of nitrogens with one attached hydrogen (secondary N) is 1. The number of para-hydroxylation sites is 1. The van der Waals surface area contributed by atoms with Gasteiger partial charge >= 0.3 is 6.18 Å². The minimum atomic E-state index is -4.45. The molecule has 0 bridgehead atoms. The van der Waals surface area contributed by atoms with E-state index in [2.05, 4.69) is 15.2 Å². The number of halogens is 3. The highest BCUT2D eigenvalue weighted by Gasteiger charge is 2.33. The molecule has 0 spiro atoms. The number of benzene rings is 1. The highest BCUT2D eigenvalue weighted by Crippen LogP contribution is 2.35. The number of anilines is 2. The number of likely N-dealkylation sites (N-methyl/N-ethyl adjacent to an activating group) is 1. The van der Waals surface area contributed by atoms with Crippen molar-refractivity contribution in [3.05, 3.63) is 53.9 Å². The molecule has 0 radical (unpaired) electrons. The number of piperazine rings is 1. The fourth-order valence-corrected chi connectivity index (χ4v) is 2.76. The summed E-state index contributed by atoms with van der Waals surface area (Å²) in [7, 11) is 2.00. The normalized spacial score (nSPS) is 15.8. The summed E-state index contributed by atoms with van der Waals surface area (Å²) in [6, 6.07) is 8.32. The van der Waals surface area contributed by atoms with Gasteiger partial charge in [0.1, 0.15) is 5.69 Å². The molecule has 3 rings (SSSR count). The van der Waals surface area contributed by atoms with Gasteiger partial charge < -0.3 is 15.1 Å². The zero-order valence-electron chi connectivity index (χ0n) is 14.3. The number of alkyl halides is 3. The van der Waals surface area contributed by atoms with Gasteiger partial charge in [-0.05, 0) is 31.3 Å². The molecule has 138 valence electrons. The Balaban J connectivity index is 1.72. The maximum Gasteiger partial charge on any atom is 0.418 e. The van der Waals surface area contributed by atoms with Gasteiger partial charge in [0.05, 0.1) is 23.1 Å². The van der Waals surface area contributed by atoms with Crippen LogP contribution >= 0.6 is 0 Å². The molecule has 1 fully saturated rings. The van der Waals surface area contributed by atoms with E-state index < -0.39 is 11.7 Å². The molecule has 1 aromatic carbocycles. The third-order valence-electron chi connectivity index (χ3n) is 4.28. The highest BCUT2D eigenvalue weighted by atomic mass is 19.4. The van der Waals surface area contributed by atoms with Gasteiger partial charge in [-0.1, -0.05) is 12.1 Å². The Hall–Kier alpha value is -2.61. The molecule has 1 aromatic heterocycles. The van der Waals surface area contributed by atoms with Gasteiger partial charge in [0.25, 0.3) is 5.91 Å². The van der Waals surface area contributed by atoms with Crippen LogP contribution in [-0.4, -0.2) is 53.9 Å². The van der Waals surface area contributed by atoms with Crippen LogP contribution in [0, 0.1) is 0 Å². The van der Waals surface area contributed by atoms with Crippen molar-refractivity contribution in [1.82, 2.24) is 14.8 Å². The molecule has 0 saturated carbocycles. The number of amides is 1. The van der Waals surface area contributed by atoms with Gasteiger partial charge in [-0.3, -0.25) is 4.79 Å². The largest absolute Gasteiger partial charge is 0.418 e. The van der Waals surface area contributed by atoms with E-state index in [1.807, 2.05) is 7.05 Å². The van der Waals surface area contributed by atoms with Crippen LogP contribution in [0.4, 0.5) is 24.5 Å². The predicted molar refractivity (Wildman–Crippen MR) is 92.4 cm³/mol. The van der Waals surface area contributed by atoms with Crippen molar-refractivity contribution in [3.63, 3.8) is 0 Å². The molecular formula is C18H19F3N4O. The first kappa shape index (κ1) is 18.2. The number of pyridine rings is 1. The number of hydrogen-bond donors (Lipinski definition) is 1. The van der Waals surface area contributed by atoms with Crippen molar-refractivity contribution in [1.29, 1.82) is 0 Å². The number of rotatable bonds is 3. The molecule has 5 nitrogen and oxygen atoms in total. The summed E-state index contributed by atoms with van der Waals surface area (Å²) in [6.07, 6.45) is -3.08. The molecule has 0 aliphatic carbocycles. The molecule has 0 atom stereocenters. The molecule has 26 heavy (non-hydrogen) atoms. The summed E-state index contributed by atoms with van der Waals surface area (Å²) >= 11 is 0. The average Bonchev–Trinajstić information content (AvgIpc) is 2.62. The molecule has 1 N–H and O–H groups in total. The molecule has 0 unspecified atom stereocenters. The van der Waals surface area contributed by atoms with Crippen molar-refractivity contribution in [2.75, 3.05) is 38.5 Å².